The van der Waals surface area contributed by atoms with Crippen LogP contribution >= 0.6 is 0 Å². The molecular weight excluding hydrogens is 857 g/mol. The van der Waals surface area contributed by atoms with Crippen molar-refractivity contribution in [2.75, 3.05) is 0 Å². The van der Waals surface area contributed by atoms with Gasteiger partial charge >= 0.3 is 0 Å². The van der Waals surface area contributed by atoms with Crippen molar-refractivity contribution >= 4 is 78.7 Å². The molecule has 0 saturated heterocycles. The van der Waals surface area contributed by atoms with Gasteiger partial charge in [-0.2, -0.15) is 0 Å². The van der Waals surface area contributed by atoms with E-state index in [0.717, 1.165) is 105 Å². The SMILES string of the molecule is C=C/C=C\c1c(C)c2ccccc2n1-c1cccc2c1oc1cccc(-c3ccc4oc5cccc(C=NC(=NC(=N)c6cccc(-c7ccccc7)c6)c6cccc(-c7ccccc7)c6)c5c4c3)c12. The van der Waals surface area contributed by atoms with Crippen LogP contribution in [-0.4, -0.2) is 22.5 Å². The summed E-state index contributed by atoms with van der Waals surface area (Å²) >= 11 is 0. The van der Waals surface area contributed by atoms with E-state index >= 15 is 0 Å². The normalized spacial score (nSPS) is 12.2. The van der Waals surface area contributed by atoms with Crippen molar-refractivity contribution in [3.8, 4) is 39.1 Å². The number of fused-ring (bicyclic) bond motifs is 7. The molecule has 70 heavy (non-hydrogen) atoms. The van der Waals surface area contributed by atoms with Gasteiger partial charge in [-0.05, 0) is 100 Å². The van der Waals surface area contributed by atoms with Crippen molar-refractivity contribution in [3.63, 3.8) is 0 Å². The Labute approximate surface area is 404 Å². The molecule has 0 amide bonds. The third kappa shape index (κ3) is 7.45. The molecule has 0 spiro atoms. The van der Waals surface area contributed by atoms with E-state index in [9.17, 15) is 5.41 Å². The van der Waals surface area contributed by atoms with E-state index in [2.05, 4.69) is 152 Å². The Morgan fingerprint density at radius 2 is 1.19 bits per heavy atom. The molecule has 0 saturated carbocycles. The van der Waals surface area contributed by atoms with E-state index in [1.54, 1.807) is 0 Å². The highest BCUT2D eigenvalue weighted by Gasteiger charge is 2.21. The first-order valence-electron chi connectivity index (χ1n) is 23.3. The first kappa shape index (κ1) is 42.0. The molecule has 3 aromatic heterocycles. The van der Waals surface area contributed by atoms with Crippen LogP contribution in [0.5, 0.6) is 0 Å². The maximum Gasteiger partial charge on any atom is 0.161 e. The minimum absolute atomic E-state index is 0.113. The molecular formula is C64H44N4O2. The molecule has 332 valence electrons. The molecule has 0 radical (unpaired) electrons. The molecule has 0 bridgehead atoms. The van der Waals surface area contributed by atoms with Crippen LogP contribution in [0.15, 0.2) is 244 Å². The molecule has 6 nitrogen and oxygen atoms in total. The zero-order chi connectivity index (χ0) is 47.1. The number of nitrogens with one attached hydrogen (secondary N) is 1. The van der Waals surface area contributed by atoms with Crippen molar-refractivity contribution in [1.29, 1.82) is 5.41 Å². The summed E-state index contributed by atoms with van der Waals surface area (Å²) in [5.74, 6) is 0.532. The summed E-state index contributed by atoms with van der Waals surface area (Å²) in [5, 5.41) is 14.5. The Kier molecular flexibility index (Phi) is 10.6. The van der Waals surface area contributed by atoms with Crippen LogP contribution in [0.2, 0.25) is 0 Å². The number of nitrogens with zero attached hydrogens (tertiary/aromatic N) is 3. The Hall–Kier alpha value is -9.39. The average molecular weight is 901 g/mol. The minimum Gasteiger partial charge on any atom is -0.456 e. The standard InChI is InChI=1S/C64H44N4O2/c1-3-4-30-54-41(2)50-27-11-12-31-55(50)68(54)56-32-16-29-52-61-51(28-17-34-59(61)70-62(52)56)46-35-36-57-53(39-46)60-49(26-15-33-58(60)69-57)40-66-64(48-25-14-23-45(38-48)43-20-9-6-10-21-43)67-63(65)47-24-13-22-44(37-47)42-18-7-5-8-19-42/h3-40,65H,1H2,2H3/b30-4-,65-63?,66-40?,67-64?. The highest BCUT2D eigenvalue weighted by Crippen LogP contribution is 2.42. The second-order valence-corrected chi connectivity index (χ2v) is 17.4. The lowest BCUT2D eigenvalue weighted by atomic mass is 9.97. The molecule has 6 heteroatoms. The zero-order valence-electron chi connectivity index (χ0n) is 38.3. The molecule has 0 aliphatic heterocycles. The number of aromatic nitrogens is 1. The fourth-order valence-electron chi connectivity index (χ4n) is 9.83. The lowest BCUT2D eigenvalue weighted by Crippen LogP contribution is -2.05. The van der Waals surface area contributed by atoms with Gasteiger partial charge < -0.3 is 13.4 Å². The van der Waals surface area contributed by atoms with E-state index < -0.39 is 0 Å². The lowest BCUT2D eigenvalue weighted by molar-refractivity contribution is 0.666. The summed E-state index contributed by atoms with van der Waals surface area (Å²) in [4.78, 5) is 10.1. The summed E-state index contributed by atoms with van der Waals surface area (Å²) in [6, 6.07) is 70.2. The molecule has 0 fully saturated rings. The number of amidine groups is 2. The Balaban J connectivity index is 0.975. The minimum atomic E-state index is 0.113. The molecule has 0 aliphatic carbocycles. The van der Waals surface area contributed by atoms with Crippen LogP contribution in [0.25, 0.3) is 99.9 Å². The number of hydrogen-bond donors (Lipinski definition) is 1. The van der Waals surface area contributed by atoms with Gasteiger partial charge in [0.05, 0.1) is 11.2 Å². The number of benzene rings is 9. The third-order valence-corrected chi connectivity index (χ3v) is 13.2. The predicted octanol–water partition coefficient (Wildman–Crippen LogP) is 16.8. The van der Waals surface area contributed by atoms with Gasteiger partial charge in [0.15, 0.2) is 17.3 Å². The second kappa shape index (κ2) is 17.7. The smallest absolute Gasteiger partial charge is 0.161 e. The zero-order valence-corrected chi connectivity index (χ0v) is 38.3. The average Bonchev–Trinajstić information content (AvgIpc) is 4.09. The number of allylic oxidation sites excluding steroid dienone is 2. The quantitative estimate of drug-likeness (QED) is 0.0890. The van der Waals surface area contributed by atoms with Gasteiger partial charge in [-0.25, -0.2) is 9.98 Å². The largest absolute Gasteiger partial charge is 0.456 e. The molecule has 1 N–H and O–H groups in total. The van der Waals surface area contributed by atoms with Crippen LogP contribution in [0.4, 0.5) is 0 Å². The van der Waals surface area contributed by atoms with Crippen LogP contribution in [0, 0.1) is 12.3 Å². The second-order valence-electron chi connectivity index (χ2n) is 17.4. The predicted molar refractivity (Wildman–Crippen MR) is 292 cm³/mol. The number of hydrogen-bond acceptors (Lipinski definition) is 3. The van der Waals surface area contributed by atoms with Crippen molar-refractivity contribution in [3.05, 3.63) is 253 Å². The summed E-state index contributed by atoms with van der Waals surface area (Å²) in [6.45, 7) is 6.11. The molecule has 9 aromatic carbocycles. The van der Waals surface area contributed by atoms with Gasteiger partial charge in [0.2, 0.25) is 0 Å². The number of furan rings is 2. The first-order chi connectivity index (χ1) is 34.5. The van der Waals surface area contributed by atoms with Crippen LogP contribution in [0.1, 0.15) is 27.9 Å². The van der Waals surface area contributed by atoms with Gasteiger partial charge in [0.25, 0.3) is 0 Å². The van der Waals surface area contributed by atoms with Crippen molar-refractivity contribution in [2.45, 2.75) is 6.92 Å². The number of rotatable bonds is 9. The van der Waals surface area contributed by atoms with Crippen molar-refractivity contribution in [2.24, 2.45) is 9.98 Å². The molecule has 0 aliphatic rings. The van der Waals surface area contributed by atoms with Crippen LogP contribution < -0.4 is 0 Å². The van der Waals surface area contributed by atoms with Gasteiger partial charge in [-0.15, -0.1) is 0 Å². The van der Waals surface area contributed by atoms with Gasteiger partial charge in [-0.1, -0.05) is 176 Å². The number of aryl methyl sites for hydroxylation is 1. The summed E-state index contributed by atoms with van der Waals surface area (Å²) < 4.78 is 15.7. The fourth-order valence-corrected chi connectivity index (χ4v) is 9.83. The molecule has 12 aromatic rings. The van der Waals surface area contributed by atoms with E-state index in [-0.39, 0.29) is 5.84 Å². The maximum absolute atomic E-state index is 9.32. The van der Waals surface area contributed by atoms with E-state index in [4.69, 9.17) is 18.8 Å². The van der Waals surface area contributed by atoms with E-state index in [0.29, 0.717) is 11.4 Å². The van der Waals surface area contributed by atoms with E-state index in [1.165, 1.54) is 10.9 Å². The molecule has 0 unspecified atom stereocenters. The van der Waals surface area contributed by atoms with Crippen molar-refractivity contribution < 1.29 is 8.83 Å². The number of aliphatic imine (C=N–C) groups is 2. The highest BCUT2D eigenvalue weighted by atomic mass is 16.3. The highest BCUT2D eigenvalue weighted by molar-refractivity contribution is 6.19. The number of para-hydroxylation sites is 2. The Morgan fingerprint density at radius 1 is 0.543 bits per heavy atom. The summed E-state index contributed by atoms with van der Waals surface area (Å²) in [6.07, 6.45) is 7.76. The molecule has 0 atom stereocenters. The van der Waals surface area contributed by atoms with Gasteiger partial charge in [-0.3, -0.25) is 5.41 Å². The fraction of sp³-hybridized carbons (Fsp3) is 0.0156. The third-order valence-electron chi connectivity index (χ3n) is 13.2. The van der Waals surface area contributed by atoms with Crippen LogP contribution in [0.3, 0.4) is 0 Å². The Morgan fingerprint density at radius 3 is 1.96 bits per heavy atom. The monoisotopic (exact) mass is 900 g/mol. The van der Waals surface area contributed by atoms with E-state index in [1.807, 2.05) is 97.2 Å². The summed E-state index contributed by atoms with van der Waals surface area (Å²) in [7, 11) is 0. The Bertz CT molecular complexity index is 4110. The molecule has 12 rings (SSSR count). The summed E-state index contributed by atoms with van der Waals surface area (Å²) in [5.41, 5.74) is 16.1. The first-order valence-corrected chi connectivity index (χ1v) is 23.3. The van der Waals surface area contributed by atoms with Gasteiger partial charge in [0.1, 0.15) is 16.7 Å². The topological polar surface area (TPSA) is 79.8 Å². The molecule has 3 heterocycles. The lowest BCUT2D eigenvalue weighted by Gasteiger charge is -2.10. The van der Waals surface area contributed by atoms with Crippen molar-refractivity contribution in [1.82, 2.24) is 4.57 Å². The van der Waals surface area contributed by atoms with Gasteiger partial charge in [0, 0.05) is 55.5 Å². The van der Waals surface area contributed by atoms with Crippen LogP contribution in [-0.2, 0) is 0 Å². The maximum atomic E-state index is 9.32.